The van der Waals surface area contributed by atoms with Crippen LogP contribution < -0.4 is 15.4 Å². The molecule has 2 N–H and O–H groups in total. The van der Waals surface area contributed by atoms with Gasteiger partial charge in [-0.15, -0.1) is 0 Å². The van der Waals surface area contributed by atoms with E-state index in [0.717, 1.165) is 17.7 Å². The average Bonchev–Trinajstić information content (AvgIpc) is 2.57. The number of thiocarbonyl (C=S) groups is 1. The normalized spacial score (nSPS) is 10.1. The molecule has 2 aromatic carbocycles. The molecule has 0 aliphatic heterocycles. The minimum Gasteiger partial charge on any atom is -0.497 e. The van der Waals surface area contributed by atoms with Crippen molar-refractivity contribution in [1.29, 1.82) is 0 Å². The van der Waals surface area contributed by atoms with Crippen molar-refractivity contribution in [2.45, 2.75) is 6.42 Å². The number of hydrogen-bond donors (Lipinski definition) is 2. The molecule has 2 aromatic rings. The zero-order valence-corrected chi connectivity index (χ0v) is 14.5. The Labute approximate surface area is 149 Å². The highest BCUT2D eigenvalue weighted by Gasteiger charge is 2.13. The van der Waals surface area contributed by atoms with Crippen LogP contribution in [0.3, 0.4) is 0 Å². The van der Waals surface area contributed by atoms with E-state index in [-0.39, 0.29) is 10.7 Å². The first-order valence-corrected chi connectivity index (χ1v) is 7.90. The molecular formula is C16H16ClN3O3S. The van der Waals surface area contributed by atoms with Gasteiger partial charge in [0.15, 0.2) is 5.11 Å². The maximum Gasteiger partial charge on any atom is 0.289 e. The van der Waals surface area contributed by atoms with Gasteiger partial charge in [-0.2, -0.15) is 0 Å². The molecule has 0 aliphatic carbocycles. The van der Waals surface area contributed by atoms with Gasteiger partial charge in [-0.1, -0.05) is 23.7 Å². The van der Waals surface area contributed by atoms with Gasteiger partial charge < -0.3 is 15.4 Å². The summed E-state index contributed by atoms with van der Waals surface area (Å²) in [6.45, 7) is 0.633. The topological polar surface area (TPSA) is 76.4 Å². The molecule has 8 heteroatoms. The molecule has 0 aromatic heterocycles. The van der Waals surface area contributed by atoms with E-state index in [1.54, 1.807) is 13.2 Å². The van der Waals surface area contributed by atoms with Crippen molar-refractivity contribution in [1.82, 2.24) is 5.32 Å². The van der Waals surface area contributed by atoms with Crippen LogP contribution in [0.1, 0.15) is 5.56 Å². The zero-order chi connectivity index (χ0) is 17.5. The minimum atomic E-state index is -0.534. The van der Waals surface area contributed by atoms with Crippen molar-refractivity contribution in [2.75, 3.05) is 19.0 Å². The first kappa shape index (κ1) is 18.0. The molecule has 0 saturated carbocycles. The Bertz CT molecular complexity index is 738. The number of benzene rings is 2. The summed E-state index contributed by atoms with van der Waals surface area (Å²) in [7, 11) is 1.63. The van der Waals surface area contributed by atoms with E-state index in [9.17, 15) is 10.1 Å². The van der Waals surface area contributed by atoms with Crippen molar-refractivity contribution in [2.24, 2.45) is 0 Å². The molecule has 126 valence electrons. The fourth-order valence-corrected chi connectivity index (χ4v) is 2.42. The number of nitrogens with zero attached hydrogens (tertiary/aromatic N) is 1. The van der Waals surface area contributed by atoms with Gasteiger partial charge >= 0.3 is 0 Å². The van der Waals surface area contributed by atoms with Gasteiger partial charge in [0, 0.05) is 18.3 Å². The third-order valence-corrected chi connectivity index (χ3v) is 3.82. The molecule has 0 radical (unpaired) electrons. The molecule has 0 heterocycles. The van der Waals surface area contributed by atoms with Crippen molar-refractivity contribution in [3.63, 3.8) is 0 Å². The van der Waals surface area contributed by atoms with Gasteiger partial charge in [-0.25, -0.2) is 0 Å². The van der Waals surface area contributed by atoms with Gasteiger partial charge in [-0.05, 0) is 48.5 Å². The summed E-state index contributed by atoms with van der Waals surface area (Å²) in [4.78, 5) is 10.3. The Balaban J connectivity index is 1.84. The Hall–Kier alpha value is -2.38. The predicted molar refractivity (Wildman–Crippen MR) is 99.0 cm³/mol. The van der Waals surface area contributed by atoms with E-state index in [4.69, 9.17) is 28.6 Å². The maximum atomic E-state index is 10.9. The summed E-state index contributed by atoms with van der Waals surface area (Å²) in [5.41, 5.74) is 1.49. The van der Waals surface area contributed by atoms with Crippen molar-refractivity contribution < 1.29 is 9.66 Å². The standard InChI is InChI=1S/C16H16ClN3O3S/c1-23-13-5-2-11(3-6-13)8-9-18-16(24)19-12-4-7-14(17)15(10-12)20(21)22/h2-7,10H,8-9H2,1H3,(H2,18,19,24). The zero-order valence-electron chi connectivity index (χ0n) is 12.9. The largest absolute Gasteiger partial charge is 0.497 e. The van der Waals surface area contributed by atoms with Crippen LogP contribution in [0, 0.1) is 10.1 Å². The number of nitrogens with one attached hydrogen (secondary N) is 2. The van der Waals surface area contributed by atoms with Crippen LogP contribution >= 0.6 is 23.8 Å². The highest BCUT2D eigenvalue weighted by atomic mass is 35.5. The number of anilines is 1. The van der Waals surface area contributed by atoms with Crippen LogP contribution in [0.4, 0.5) is 11.4 Å². The van der Waals surface area contributed by atoms with E-state index in [1.807, 2.05) is 24.3 Å². The predicted octanol–water partition coefficient (Wildman–Crippen LogP) is 3.79. The van der Waals surface area contributed by atoms with Crippen molar-refractivity contribution in [3.05, 3.63) is 63.2 Å². The molecule has 0 saturated heterocycles. The lowest BCUT2D eigenvalue weighted by Gasteiger charge is -2.11. The number of nitro benzene ring substituents is 1. The van der Waals surface area contributed by atoms with Crippen molar-refractivity contribution >= 4 is 40.3 Å². The highest BCUT2D eigenvalue weighted by Crippen LogP contribution is 2.27. The first-order chi connectivity index (χ1) is 11.5. The molecule has 0 aliphatic rings. The van der Waals surface area contributed by atoms with Gasteiger partial charge in [0.2, 0.25) is 0 Å². The molecule has 0 spiro atoms. The van der Waals surface area contributed by atoms with E-state index < -0.39 is 4.92 Å². The second-order valence-electron chi connectivity index (χ2n) is 4.90. The van der Waals surface area contributed by atoms with Crippen LogP contribution in [-0.4, -0.2) is 23.7 Å². The molecular weight excluding hydrogens is 350 g/mol. The Morgan fingerprint density at radius 2 is 2.00 bits per heavy atom. The first-order valence-electron chi connectivity index (χ1n) is 7.11. The number of halogens is 1. The lowest BCUT2D eigenvalue weighted by Crippen LogP contribution is -2.30. The maximum absolute atomic E-state index is 10.9. The van der Waals surface area contributed by atoms with Crippen LogP contribution in [0.5, 0.6) is 5.75 Å². The van der Waals surface area contributed by atoms with Gasteiger partial charge in [0.25, 0.3) is 5.69 Å². The lowest BCUT2D eigenvalue weighted by atomic mass is 10.1. The second-order valence-corrected chi connectivity index (χ2v) is 5.72. The van der Waals surface area contributed by atoms with Crippen LogP contribution in [0.25, 0.3) is 0 Å². The van der Waals surface area contributed by atoms with E-state index in [0.29, 0.717) is 17.3 Å². The Morgan fingerprint density at radius 3 is 2.62 bits per heavy atom. The average molecular weight is 366 g/mol. The molecule has 0 atom stereocenters. The summed E-state index contributed by atoms with van der Waals surface area (Å²) in [6, 6.07) is 12.2. The van der Waals surface area contributed by atoms with E-state index in [2.05, 4.69) is 10.6 Å². The Kier molecular flexibility index (Phi) is 6.34. The van der Waals surface area contributed by atoms with Gasteiger partial charge in [0.05, 0.1) is 12.0 Å². The number of nitro groups is 1. The highest BCUT2D eigenvalue weighted by molar-refractivity contribution is 7.80. The smallest absolute Gasteiger partial charge is 0.289 e. The fourth-order valence-electron chi connectivity index (χ4n) is 2.02. The Morgan fingerprint density at radius 1 is 1.29 bits per heavy atom. The molecule has 6 nitrogen and oxygen atoms in total. The number of methoxy groups -OCH3 is 1. The fraction of sp³-hybridized carbons (Fsp3) is 0.188. The van der Waals surface area contributed by atoms with E-state index >= 15 is 0 Å². The van der Waals surface area contributed by atoms with Crippen LogP contribution in [-0.2, 0) is 6.42 Å². The SMILES string of the molecule is COc1ccc(CCNC(=S)Nc2ccc(Cl)c([N+](=O)[O-])c2)cc1. The van der Waals surface area contributed by atoms with Gasteiger partial charge in [0.1, 0.15) is 10.8 Å². The van der Waals surface area contributed by atoms with Crippen LogP contribution in [0.2, 0.25) is 5.02 Å². The van der Waals surface area contributed by atoms with E-state index in [1.165, 1.54) is 12.1 Å². The second kappa shape index (κ2) is 8.47. The number of hydrogen-bond acceptors (Lipinski definition) is 4. The third kappa shape index (κ3) is 5.07. The molecule has 2 rings (SSSR count). The summed E-state index contributed by atoms with van der Waals surface area (Å²) in [5, 5.41) is 17.3. The quantitative estimate of drug-likeness (QED) is 0.461. The molecule has 0 amide bonds. The molecule has 0 unspecified atom stereocenters. The van der Waals surface area contributed by atoms with Crippen molar-refractivity contribution in [3.8, 4) is 5.75 Å². The van der Waals surface area contributed by atoms with Gasteiger partial charge in [-0.3, -0.25) is 10.1 Å². The monoisotopic (exact) mass is 365 g/mol. The number of rotatable bonds is 6. The molecule has 24 heavy (non-hydrogen) atoms. The summed E-state index contributed by atoms with van der Waals surface area (Å²) >= 11 is 11.0. The summed E-state index contributed by atoms with van der Waals surface area (Å²) in [5.74, 6) is 0.813. The van der Waals surface area contributed by atoms with Crippen LogP contribution in [0.15, 0.2) is 42.5 Å². The lowest BCUT2D eigenvalue weighted by molar-refractivity contribution is -0.384. The summed E-state index contributed by atoms with van der Waals surface area (Å²) < 4.78 is 5.11. The molecule has 0 fully saturated rings. The number of ether oxygens (including phenoxy) is 1. The third-order valence-electron chi connectivity index (χ3n) is 3.26. The minimum absolute atomic E-state index is 0.0870. The molecule has 0 bridgehead atoms. The summed E-state index contributed by atoms with van der Waals surface area (Å²) in [6.07, 6.45) is 0.784.